The van der Waals surface area contributed by atoms with Crippen molar-refractivity contribution < 1.29 is 9.59 Å². The lowest BCUT2D eigenvalue weighted by Crippen LogP contribution is -2.47. The zero-order valence-corrected chi connectivity index (χ0v) is 18.7. The molecule has 0 unspecified atom stereocenters. The van der Waals surface area contributed by atoms with Gasteiger partial charge in [0.2, 0.25) is 11.8 Å². The van der Waals surface area contributed by atoms with Crippen molar-refractivity contribution in [2.75, 3.05) is 13.1 Å². The molecule has 7 heteroatoms. The molecule has 2 amide bonds. The molecular weight excluding hydrogens is 414 g/mol. The first-order valence-electron chi connectivity index (χ1n) is 11.5. The van der Waals surface area contributed by atoms with E-state index < -0.39 is 0 Å². The van der Waals surface area contributed by atoms with Crippen LogP contribution < -0.4 is 5.32 Å². The molecule has 2 aliphatic rings. The van der Waals surface area contributed by atoms with Crippen LogP contribution in [0.3, 0.4) is 0 Å². The highest BCUT2D eigenvalue weighted by molar-refractivity contribution is 5.90. The maximum absolute atomic E-state index is 12.8. The van der Waals surface area contributed by atoms with Gasteiger partial charge in [-0.25, -0.2) is 9.97 Å². The van der Waals surface area contributed by atoms with Crippen molar-refractivity contribution in [3.05, 3.63) is 66.2 Å². The van der Waals surface area contributed by atoms with Crippen LogP contribution in [-0.4, -0.2) is 50.8 Å². The standard InChI is InChI=1S/C26H27N5O2/c1-17-5-2-3-7-20(17)21-16-28-25(19-6-4-12-27-15-19)30-24(21)18-10-13-31(14-11-18)26(33)22-8-9-23(32)29-22/h2-7,12,15-16,18,22H,8-11,13-14H2,1H3,(H,29,32)/t22-/m1/s1. The van der Waals surface area contributed by atoms with Crippen LogP contribution in [0, 0.1) is 6.92 Å². The smallest absolute Gasteiger partial charge is 0.245 e. The van der Waals surface area contributed by atoms with Gasteiger partial charge in [-0.15, -0.1) is 0 Å². The summed E-state index contributed by atoms with van der Waals surface area (Å²) >= 11 is 0. The number of aromatic nitrogens is 3. The molecule has 2 saturated heterocycles. The Morgan fingerprint density at radius 2 is 1.85 bits per heavy atom. The predicted octanol–water partition coefficient (Wildman–Crippen LogP) is 3.50. The largest absolute Gasteiger partial charge is 0.344 e. The average Bonchev–Trinajstić information content (AvgIpc) is 3.30. The number of likely N-dealkylation sites (tertiary alicyclic amines) is 1. The van der Waals surface area contributed by atoms with Crippen LogP contribution in [0.1, 0.15) is 42.9 Å². The minimum absolute atomic E-state index is 0.0324. The van der Waals surface area contributed by atoms with Gasteiger partial charge in [0.15, 0.2) is 5.82 Å². The zero-order valence-electron chi connectivity index (χ0n) is 18.7. The zero-order chi connectivity index (χ0) is 22.8. The van der Waals surface area contributed by atoms with Crippen LogP contribution in [0.15, 0.2) is 55.0 Å². The van der Waals surface area contributed by atoms with Crippen molar-refractivity contribution in [1.29, 1.82) is 0 Å². The van der Waals surface area contributed by atoms with Gasteiger partial charge in [0.1, 0.15) is 6.04 Å². The molecule has 0 spiro atoms. The van der Waals surface area contributed by atoms with E-state index in [1.807, 2.05) is 35.4 Å². The van der Waals surface area contributed by atoms with Gasteiger partial charge in [0.25, 0.3) is 0 Å². The number of benzene rings is 1. The van der Waals surface area contributed by atoms with Gasteiger partial charge < -0.3 is 10.2 Å². The molecule has 1 aromatic carbocycles. The van der Waals surface area contributed by atoms with Gasteiger partial charge >= 0.3 is 0 Å². The lowest BCUT2D eigenvalue weighted by atomic mass is 9.87. The maximum Gasteiger partial charge on any atom is 0.245 e. The summed E-state index contributed by atoms with van der Waals surface area (Å²) in [5, 5.41) is 2.80. The van der Waals surface area contributed by atoms with Crippen molar-refractivity contribution in [3.63, 3.8) is 0 Å². The fraction of sp³-hybridized carbons (Fsp3) is 0.346. The molecule has 0 aliphatic carbocycles. The lowest BCUT2D eigenvalue weighted by Gasteiger charge is -2.34. The van der Waals surface area contributed by atoms with Gasteiger partial charge in [-0.2, -0.15) is 0 Å². The molecule has 33 heavy (non-hydrogen) atoms. The summed E-state index contributed by atoms with van der Waals surface area (Å²) in [5.41, 5.74) is 5.28. The van der Waals surface area contributed by atoms with Gasteiger partial charge in [0.05, 0.1) is 5.69 Å². The number of aryl methyl sites for hydroxylation is 1. The number of amides is 2. The first-order valence-corrected chi connectivity index (χ1v) is 11.5. The summed E-state index contributed by atoms with van der Waals surface area (Å²) in [6.07, 6.45) is 8.14. The van der Waals surface area contributed by atoms with Crippen LogP contribution >= 0.6 is 0 Å². The number of carbonyl (C=O) groups excluding carboxylic acids is 2. The number of nitrogens with one attached hydrogen (secondary N) is 1. The Balaban J connectivity index is 1.43. The SMILES string of the molecule is Cc1ccccc1-c1cnc(-c2cccnc2)nc1C1CCN(C(=O)[C@H]2CCC(=O)N2)CC1. The molecule has 5 rings (SSSR count). The minimum atomic E-state index is -0.368. The molecule has 0 bridgehead atoms. The van der Waals surface area contributed by atoms with Gasteiger partial charge in [-0.1, -0.05) is 24.3 Å². The van der Waals surface area contributed by atoms with Crippen molar-refractivity contribution in [3.8, 4) is 22.5 Å². The normalized spacial score (nSPS) is 18.9. The van der Waals surface area contributed by atoms with Crippen molar-refractivity contribution in [2.45, 2.75) is 44.6 Å². The summed E-state index contributed by atoms with van der Waals surface area (Å²) in [7, 11) is 0. The second-order valence-corrected chi connectivity index (χ2v) is 8.81. The second-order valence-electron chi connectivity index (χ2n) is 8.81. The number of pyridine rings is 1. The first kappa shape index (κ1) is 21.2. The van der Waals surface area contributed by atoms with E-state index in [1.165, 1.54) is 5.56 Å². The van der Waals surface area contributed by atoms with Crippen LogP contribution in [0.2, 0.25) is 0 Å². The third-order valence-electron chi connectivity index (χ3n) is 6.66. The van der Waals surface area contributed by atoms with Crippen molar-refractivity contribution >= 4 is 11.8 Å². The quantitative estimate of drug-likeness (QED) is 0.670. The Hall–Kier alpha value is -3.61. The molecule has 0 saturated carbocycles. The Morgan fingerprint density at radius 1 is 1.03 bits per heavy atom. The Labute approximate surface area is 193 Å². The number of carbonyl (C=O) groups is 2. The maximum atomic E-state index is 12.8. The topological polar surface area (TPSA) is 88.1 Å². The van der Waals surface area contributed by atoms with Crippen LogP contribution in [0.5, 0.6) is 0 Å². The molecule has 0 radical (unpaired) electrons. The predicted molar refractivity (Wildman–Crippen MR) is 125 cm³/mol. The number of hydrogen-bond acceptors (Lipinski definition) is 5. The summed E-state index contributed by atoms with van der Waals surface area (Å²) in [6.45, 7) is 3.43. The number of nitrogens with zero attached hydrogens (tertiary/aromatic N) is 4. The van der Waals surface area contributed by atoms with Gasteiger partial charge in [0, 0.05) is 55.1 Å². The van der Waals surface area contributed by atoms with E-state index in [2.05, 4.69) is 34.3 Å². The molecule has 1 N–H and O–H groups in total. The molecule has 3 aromatic rings. The molecule has 168 valence electrons. The van der Waals surface area contributed by atoms with Crippen LogP contribution in [0.25, 0.3) is 22.5 Å². The third kappa shape index (κ3) is 4.35. The summed E-state index contributed by atoms with van der Waals surface area (Å²) in [6, 6.07) is 11.8. The summed E-state index contributed by atoms with van der Waals surface area (Å²) in [5.74, 6) is 0.898. The first-order chi connectivity index (χ1) is 16.1. The van der Waals surface area contributed by atoms with Gasteiger partial charge in [-0.3, -0.25) is 14.6 Å². The highest BCUT2D eigenvalue weighted by Crippen LogP contribution is 2.36. The molecule has 4 heterocycles. The highest BCUT2D eigenvalue weighted by Gasteiger charge is 2.34. The Bertz CT molecular complexity index is 1170. The van der Waals surface area contributed by atoms with Crippen LogP contribution in [0.4, 0.5) is 0 Å². The van der Waals surface area contributed by atoms with E-state index >= 15 is 0 Å². The van der Waals surface area contributed by atoms with Crippen molar-refractivity contribution in [1.82, 2.24) is 25.2 Å². The highest BCUT2D eigenvalue weighted by atomic mass is 16.2. The molecular formula is C26H27N5O2. The molecule has 2 aromatic heterocycles. The molecule has 2 aliphatic heterocycles. The lowest BCUT2D eigenvalue weighted by molar-refractivity contribution is -0.135. The molecule has 2 fully saturated rings. The minimum Gasteiger partial charge on any atom is -0.344 e. The average molecular weight is 442 g/mol. The Kier molecular flexibility index (Phi) is 5.86. The number of piperidine rings is 1. The third-order valence-corrected chi connectivity index (χ3v) is 6.66. The van der Waals surface area contributed by atoms with Crippen LogP contribution in [-0.2, 0) is 9.59 Å². The van der Waals surface area contributed by atoms with Gasteiger partial charge in [-0.05, 0) is 49.4 Å². The summed E-state index contributed by atoms with van der Waals surface area (Å²) in [4.78, 5) is 40.2. The van der Waals surface area contributed by atoms with E-state index in [0.29, 0.717) is 31.8 Å². The summed E-state index contributed by atoms with van der Waals surface area (Å²) < 4.78 is 0. The van der Waals surface area contributed by atoms with E-state index in [9.17, 15) is 9.59 Å². The van der Waals surface area contributed by atoms with Crippen molar-refractivity contribution in [2.24, 2.45) is 0 Å². The fourth-order valence-corrected chi connectivity index (χ4v) is 4.82. The van der Waals surface area contributed by atoms with E-state index in [1.54, 1.807) is 12.4 Å². The van der Waals surface area contributed by atoms with E-state index in [-0.39, 0.29) is 23.8 Å². The second kappa shape index (κ2) is 9.10. The number of hydrogen-bond donors (Lipinski definition) is 1. The number of rotatable bonds is 4. The monoisotopic (exact) mass is 441 g/mol. The Morgan fingerprint density at radius 3 is 2.55 bits per heavy atom. The van der Waals surface area contributed by atoms with E-state index in [4.69, 9.17) is 4.98 Å². The fourth-order valence-electron chi connectivity index (χ4n) is 4.82. The molecule has 7 nitrogen and oxygen atoms in total. The molecule has 1 atom stereocenters. The van der Waals surface area contributed by atoms with E-state index in [0.717, 1.165) is 35.2 Å².